The molecule has 0 amide bonds. The molecule has 0 radical (unpaired) electrons. The molecule has 4 heteroatoms. The number of hydrogen-bond donors (Lipinski definition) is 1. The maximum absolute atomic E-state index is 5.74. The van der Waals surface area contributed by atoms with Gasteiger partial charge in [0.1, 0.15) is 5.75 Å². The first kappa shape index (κ1) is 14.8. The molecule has 2 unspecified atom stereocenters. The number of likely N-dealkylation sites (N-methyl/N-ethyl adjacent to an activating group) is 2. The summed E-state index contributed by atoms with van der Waals surface area (Å²) in [6.45, 7) is 6.47. The van der Waals surface area contributed by atoms with Gasteiger partial charge in [0.15, 0.2) is 0 Å². The van der Waals surface area contributed by atoms with Crippen LogP contribution in [0, 0.1) is 0 Å². The third kappa shape index (κ3) is 3.57. The number of ether oxygens (including phenoxy) is 1. The van der Waals surface area contributed by atoms with Crippen molar-refractivity contribution in [3.8, 4) is 5.75 Å². The third-order valence-corrected chi connectivity index (χ3v) is 4.83. The number of hydrogen-bond acceptors (Lipinski definition) is 4. The molecule has 1 aromatic carbocycles. The molecular formula is C17H27N3O. The van der Waals surface area contributed by atoms with Crippen molar-refractivity contribution in [1.82, 2.24) is 15.1 Å². The molecule has 3 rings (SSSR count). The van der Waals surface area contributed by atoms with Crippen LogP contribution in [-0.2, 0) is 0 Å². The summed E-state index contributed by atoms with van der Waals surface area (Å²) in [5.41, 5.74) is 1.37. The van der Waals surface area contributed by atoms with Gasteiger partial charge >= 0.3 is 0 Å². The summed E-state index contributed by atoms with van der Waals surface area (Å²) in [7, 11) is 4.46. The number of benzene rings is 1. The Hall–Kier alpha value is -1.10. The number of piperazine rings is 1. The van der Waals surface area contributed by atoms with Crippen molar-refractivity contribution >= 4 is 0 Å². The Balaban J connectivity index is 1.52. The quantitative estimate of drug-likeness (QED) is 0.906. The van der Waals surface area contributed by atoms with Crippen molar-refractivity contribution in [3.05, 3.63) is 29.8 Å². The Labute approximate surface area is 128 Å². The molecule has 2 aliphatic rings. The first-order valence-corrected chi connectivity index (χ1v) is 8.05. The van der Waals surface area contributed by atoms with Gasteiger partial charge in [0.05, 0.1) is 6.61 Å². The van der Waals surface area contributed by atoms with Crippen molar-refractivity contribution in [2.24, 2.45) is 0 Å². The monoisotopic (exact) mass is 289 g/mol. The summed E-state index contributed by atoms with van der Waals surface area (Å²) < 4.78 is 5.74. The van der Waals surface area contributed by atoms with E-state index in [-0.39, 0.29) is 0 Å². The number of rotatable bonds is 4. The molecule has 0 aliphatic carbocycles. The molecule has 1 fully saturated rings. The molecule has 0 spiro atoms. The molecule has 2 atom stereocenters. The van der Waals surface area contributed by atoms with Gasteiger partial charge in [0, 0.05) is 44.7 Å². The van der Waals surface area contributed by atoms with E-state index in [1.807, 2.05) is 0 Å². The molecule has 0 bridgehead atoms. The first-order chi connectivity index (χ1) is 10.2. The van der Waals surface area contributed by atoms with Gasteiger partial charge in [-0.05, 0) is 32.1 Å². The van der Waals surface area contributed by atoms with Crippen LogP contribution in [-0.4, -0.2) is 69.3 Å². The minimum Gasteiger partial charge on any atom is -0.493 e. The fourth-order valence-electron chi connectivity index (χ4n) is 3.37. The minimum absolute atomic E-state index is 0.585. The van der Waals surface area contributed by atoms with Crippen LogP contribution < -0.4 is 10.1 Å². The molecular weight excluding hydrogens is 262 g/mol. The smallest absolute Gasteiger partial charge is 0.122 e. The molecule has 1 N–H and O–H groups in total. The molecule has 4 nitrogen and oxygen atoms in total. The number of para-hydroxylation sites is 1. The first-order valence-electron chi connectivity index (χ1n) is 8.05. The zero-order valence-electron chi connectivity index (χ0n) is 13.2. The minimum atomic E-state index is 0.585. The summed E-state index contributed by atoms with van der Waals surface area (Å²) in [5.74, 6) is 1.66. The standard InChI is InChI=1S/C17H27N3O/c1-19-8-9-20(2)15(13-19)12-18-11-14-7-10-21-17-6-4-3-5-16(14)17/h3-6,14-15,18H,7-13H2,1-2H3. The molecule has 1 saturated heterocycles. The van der Waals surface area contributed by atoms with E-state index in [1.165, 1.54) is 18.7 Å². The number of fused-ring (bicyclic) bond motifs is 1. The van der Waals surface area contributed by atoms with Crippen LogP contribution in [0.1, 0.15) is 17.9 Å². The Morgan fingerprint density at radius 1 is 1.19 bits per heavy atom. The topological polar surface area (TPSA) is 27.7 Å². The van der Waals surface area contributed by atoms with Gasteiger partial charge in [-0.25, -0.2) is 0 Å². The average Bonchev–Trinajstić information content (AvgIpc) is 2.51. The molecule has 2 heterocycles. The molecule has 116 valence electrons. The molecule has 1 aromatic rings. The SMILES string of the molecule is CN1CCN(C)C(CNCC2CCOc3ccccc32)C1. The van der Waals surface area contributed by atoms with Crippen LogP contribution >= 0.6 is 0 Å². The summed E-state index contributed by atoms with van der Waals surface area (Å²) in [6.07, 6.45) is 1.12. The number of nitrogens with zero attached hydrogens (tertiary/aromatic N) is 2. The second kappa shape index (κ2) is 6.77. The second-order valence-corrected chi connectivity index (χ2v) is 6.43. The zero-order chi connectivity index (χ0) is 14.7. The van der Waals surface area contributed by atoms with Gasteiger partial charge < -0.3 is 15.0 Å². The van der Waals surface area contributed by atoms with Gasteiger partial charge in [-0.1, -0.05) is 18.2 Å². The highest BCUT2D eigenvalue weighted by molar-refractivity contribution is 5.37. The maximum atomic E-state index is 5.74. The lowest BCUT2D eigenvalue weighted by atomic mass is 9.93. The lowest BCUT2D eigenvalue weighted by molar-refractivity contribution is 0.113. The van der Waals surface area contributed by atoms with E-state index < -0.39 is 0 Å². The lowest BCUT2D eigenvalue weighted by Gasteiger charge is -2.38. The summed E-state index contributed by atoms with van der Waals surface area (Å²) >= 11 is 0. The van der Waals surface area contributed by atoms with Crippen LogP contribution in [0.15, 0.2) is 24.3 Å². The van der Waals surface area contributed by atoms with E-state index in [4.69, 9.17) is 4.74 Å². The van der Waals surface area contributed by atoms with E-state index in [1.54, 1.807) is 0 Å². The van der Waals surface area contributed by atoms with E-state index in [2.05, 4.69) is 53.5 Å². The number of nitrogens with one attached hydrogen (secondary N) is 1. The van der Waals surface area contributed by atoms with Gasteiger partial charge in [0.25, 0.3) is 0 Å². The predicted molar refractivity (Wildman–Crippen MR) is 86.1 cm³/mol. The van der Waals surface area contributed by atoms with E-state index >= 15 is 0 Å². The van der Waals surface area contributed by atoms with Gasteiger partial charge in [-0.3, -0.25) is 4.90 Å². The Kier molecular flexibility index (Phi) is 4.78. The second-order valence-electron chi connectivity index (χ2n) is 6.43. The zero-order valence-corrected chi connectivity index (χ0v) is 13.2. The molecule has 0 aromatic heterocycles. The van der Waals surface area contributed by atoms with Crippen molar-refractivity contribution in [1.29, 1.82) is 0 Å². The van der Waals surface area contributed by atoms with Gasteiger partial charge in [0.2, 0.25) is 0 Å². The highest BCUT2D eigenvalue weighted by Gasteiger charge is 2.24. The van der Waals surface area contributed by atoms with Crippen molar-refractivity contribution in [2.75, 3.05) is 53.4 Å². The van der Waals surface area contributed by atoms with E-state index in [0.29, 0.717) is 12.0 Å². The Bertz CT molecular complexity index is 465. The molecule has 0 saturated carbocycles. The maximum Gasteiger partial charge on any atom is 0.122 e. The highest BCUT2D eigenvalue weighted by Crippen LogP contribution is 2.32. The predicted octanol–water partition coefficient (Wildman–Crippen LogP) is 1.39. The summed E-state index contributed by atoms with van der Waals surface area (Å²) in [4.78, 5) is 4.90. The Morgan fingerprint density at radius 3 is 2.95 bits per heavy atom. The Morgan fingerprint density at radius 2 is 2.05 bits per heavy atom. The average molecular weight is 289 g/mol. The van der Waals surface area contributed by atoms with E-state index in [9.17, 15) is 0 Å². The molecule has 2 aliphatic heterocycles. The van der Waals surface area contributed by atoms with Crippen LogP contribution in [0.25, 0.3) is 0 Å². The van der Waals surface area contributed by atoms with Crippen LogP contribution in [0.2, 0.25) is 0 Å². The van der Waals surface area contributed by atoms with Crippen molar-refractivity contribution in [2.45, 2.75) is 18.4 Å². The van der Waals surface area contributed by atoms with Crippen molar-refractivity contribution < 1.29 is 4.74 Å². The fourth-order valence-corrected chi connectivity index (χ4v) is 3.37. The third-order valence-electron chi connectivity index (χ3n) is 4.83. The van der Waals surface area contributed by atoms with Gasteiger partial charge in [-0.15, -0.1) is 0 Å². The highest BCUT2D eigenvalue weighted by atomic mass is 16.5. The summed E-state index contributed by atoms with van der Waals surface area (Å²) in [5, 5.41) is 3.69. The lowest BCUT2D eigenvalue weighted by Crippen LogP contribution is -2.54. The van der Waals surface area contributed by atoms with Crippen molar-refractivity contribution in [3.63, 3.8) is 0 Å². The fraction of sp³-hybridized carbons (Fsp3) is 0.647. The van der Waals surface area contributed by atoms with Gasteiger partial charge in [-0.2, -0.15) is 0 Å². The largest absolute Gasteiger partial charge is 0.493 e. The van der Waals surface area contributed by atoms with E-state index in [0.717, 1.165) is 38.4 Å². The summed E-state index contributed by atoms with van der Waals surface area (Å²) in [6, 6.07) is 9.09. The van der Waals surface area contributed by atoms with Crippen LogP contribution in [0.3, 0.4) is 0 Å². The normalized spacial score (nSPS) is 27.1. The van der Waals surface area contributed by atoms with Crippen LogP contribution in [0.4, 0.5) is 0 Å². The van der Waals surface area contributed by atoms with Crippen LogP contribution in [0.5, 0.6) is 5.75 Å². The molecule has 21 heavy (non-hydrogen) atoms.